The summed E-state index contributed by atoms with van der Waals surface area (Å²) in [6.07, 6.45) is 3.38. The smallest absolute Gasteiger partial charge is 0.253 e. The zero-order valence-electron chi connectivity index (χ0n) is 9.46. The average molecular weight is 298 g/mol. The van der Waals surface area contributed by atoms with Gasteiger partial charge in [0, 0.05) is 12.3 Å². The second-order valence-electron chi connectivity index (χ2n) is 3.67. The fourth-order valence-electron chi connectivity index (χ4n) is 1.22. The molecule has 0 aromatic carbocycles. The molecule has 2 rings (SSSR count). The number of nitrogen functional groups attached to an aromatic ring is 1. The van der Waals surface area contributed by atoms with E-state index < -0.39 is 0 Å². The standard InChI is InChI=1S/C10H12BrN5O/c1-6(2)17-8-3-4-13-10(14-8)16-5-7(11)9(12)15-16/h3-6H,1-2H3,(H2,12,15). The molecule has 2 aromatic rings. The molecule has 0 fully saturated rings. The Morgan fingerprint density at radius 1 is 1.47 bits per heavy atom. The molecule has 0 amide bonds. The predicted molar refractivity (Wildman–Crippen MR) is 67.0 cm³/mol. The van der Waals surface area contributed by atoms with E-state index in [1.165, 1.54) is 4.68 Å². The van der Waals surface area contributed by atoms with Gasteiger partial charge in [-0.15, -0.1) is 5.10 Å². The van der Waals surface area contributed by atoms with Crippen LogP contribution in [-0.4, -0.2) is 25.9 Å². The van der Waals surface area contributed by atoms with Gasteiger partial charge in [-0.25, -0.2) is 9.67 Å². The summed E-state index contributed by atoms with van der Waals surface area (Å²) in [5, 5.41) is 4.07. The minimum absolute atomic E-state index is 0.0622. The quantitative estimate of drug-likeness (QED) is 0.934. The molecule has 6 nitrogen and oxygen atoms in total. The molecule has 0 saturated heterocycles. The normalized spacial score (nSPS) is 10.8. The molecule has 2 heterocycles. The van der Waals surface area contributed by atoms with E-state index >= 15 is 0 Å². The van der Waals surface area contributed by atoms with Crippen LogP contribution in [-0.2, 0) is 0 Å². The number of nitrogens with two attached hydrogens (primary N) is 1. The van der Waals surface area contributed by atoms with Gasteiger partial charge in [-0.2, -0.15) is 4.98 Å². The minimum Gasteiger partial charge on any atom is -0.475 e. The topological polar surface area (TPSA) is 78.9 Å². The number of hydrogen-bond acceptors (Lipinski definition) is 5. The molecule has 90 valence electrons. The van der Waals surface area contributed by atoms with Crippen molar-refractivity contribution < 1.29 is 4.74 Å². The summed E-state index contributed by atoms with van der Waals surface area (Å²) < 4.78 is 7.68. The van der Waals surface area contributed by atoms with Crippen molar-refractivity contribution in [2.75, 3.05) is 5.73 Å². The van der Waals surface area contributed by atoms with Crippen molar-refractivity contribution in [3.05, 3.63) is 22.9 Å². The van der Waals surface area contributed by atoms with Crippen LogP contribution in [0.1, 0.15) is 13.8 Å². The van der Waals surface area contributed by atoms with Crippen molar-refractivity contribution in [1.29, 1.82) is 0 Å². The van der Waals surface area contributed by atoms with E-state index in [0.29, 0.717) is 22.1 Å². The number of hydrogen-bond donors (Lipinski definition) is 1. The Morgan fingerprint density at radius 3 is 2.82 bits per heavy atom. The molecule has 0 aliphatic rings. The first-order chi connectivity index (χ1) is 8.06. The van der Waals surface area contributed by atoms with Crippen molar-refractivity contribution in [3.8, 4) is 11.8 Å². The fraction of sp³-hybridized carbons (Fsp3) is 0.300. The van der Waals surface area contributed by atoms with Crippen molar-refractivity contribution >= 4 is 21.7 Å². The summed E-state index contributed by atoms with van der Waals surface area (Å²) in [5.74, 6) is 1.32. The van der Waals surface area contributed by atoms with Crippen LogP contribution < -0.4 is 10.5 Å². The number of ether oxygens (including phenoxy) is 1. The predicted octanol–water partition coefficient (Wildman–Crippen LogP) is 1.79. The van der Waals surface area contributed by atoms with E-state index in [9.17, 15) is 0 Å². The Balaban J connectivity index is 2.32. The highest BCUT2D eigenvalue weighted by molar-refractivity contribution is 9.10. The van der Waals surface area contributed by atoms with E-state index in [4.69, 9.17) is 10.5 Å². The summed E-state index contributed by atoms with van der Waals surface area (Å²) in [4.78, 5) is 8.33. The van der Waals surface area contributed by atoms with Crippen LogP contribution >= 0.6 is 15.9 Å². The van der Waals surface area contributed by atoms with Gasteiger partial charge in [0.15, 0.2) is 5.82 Å². The second-order valence-corrected chi connectivity index (χ2v) is 4.52. The van der Waals surface area contributed by atoms with Gasteiger partial charge in [0.2, 0.25) is 5.88 Å². The van der Waals surface area contributed by atoms with Crippen LogP contribution in [0.2, 0.25) is 0 Å². The maximum atomic E-state index is 5.63. The lowest BCUT2D eigenvalue weighted by atomic mass is 10.5. The zero-order valence-corrected chi connectivity index (χ0v) is 11.0. The third-order valence-corrected chi connectivity index (χ3v) is 2.49. The highest BCUT2D eigenvalue weighted by Crippen LogP contribution is 2.18. The Bertz CT molecular complexity index is 506. The monoisotopic (exact) mass is 297 g/mol. The fourth-order valence-corrected chi connectivity index (χ4v) is 1.49. The second kappa shape index (κ2) is 4.70. The van der Waals surface area contributed by atoms with Gasteiger partial charge in [0.25, 0.3) is 5.95 Å². The Morgan fingerprint density at radius 2 is 2.24 bits per heavy atom. The lowest BCUT2D eigenvalue weighted by molar-refractivity contribution is 0.232. The first-order valence-electron chi connectivity index (χ1n) is 5.07. The summed E-state index contributed by atoms with van der Waals surface area (Å²) in [7, 11) is 0. The van der Waals surface area contributed by atoms with E-state index in [1.54, 1.807) is 18.5 Å². The number of anilines is 1. The summed E-state index contributed by atoms with van der Waals surface area (Å²) in [6.45, 7) is 3.87. The van der Waals surface area contributed by atoms with E-state index in [-0.39, 0.29) is 6.10 Å². The Hall–Kier alpha value is -1.63. The van der Waals surface area contributed by atoms with Crippen LogP contribution in [0.15, 0.2) is 22.9 Å². The number of aromatic nitrogens is 4. The summed E-state index contributed by atoms with van der Waals surface area (Å²) in [5.41, 5.74) is 5.63. The van der Waals surface area contributed by atoms with Crippen LogP contribution in [0, 0.1) is 0 Å². The van der Waals surface area contributed by atoms with Crippen molar-refractivity contribution in [3.63, 3.8) is 0 Å². The minimum atomic E-state index is 0.0622. The first-order valence-corrected chi connectivity index (χ1v) is 5.86. The highest BCUT2D eigenvalue weighted by atomic mass is 79.9. The molecular weight excluding hydrogens is 286 g/mol. The summed E-state index contributed by atoms with van der Waals surface area (Å²) >= 11 is 3.28. The number of halogens is 1. The van der Waals surface area contributed by atoms with Crippen LogP contribution in [0.25, 0.3) is 5.95 Å². The Kier molecular flexibility index (Phi) is 3.28. The van der Waals surface area contributed by atoms with Gasteiger partial charge in [0.1, 0.15) is 0 Å². The van der Waals surface area contributed by atoms with E-state index in [2.05, 4.69) is 31.0 Å². The molecule has 7 heteroatoms. The number of rotatable bonds is 3. The van der Waals surface area contributed by atoms with Gasteiger partial charge in [-0.05, 0) is 29.8 Å². The number of nitrogens with zero attached hydrogens (tertiary/aromatic N) is 4. The lowest BCUT2D eigenvalue weighted by Gasteiger charge is -2.08. The van der Waals surface area contributed by atoms with E-state index in [1.807, 2.05) is 13.8 Å². The molecule has 2 N–H and O–H groups in total. The molecule has 0 unspecified atom stereocenters. The average Bonchev–Trinajstić information content (AvgIpc) is 2.59. The summed E-state index contributed by atoms with van der Waals surface area (Å²) in [6, 6.07) is 1.70. The molecule has 0 aliphatic carbocycles. The maximum absolute atomic E-state index is 5.63. The molecule has 17 heavy (non-hydrogen) atoms. The van der Waals surface area contributed by atoms with Crippen molar-refractivity contribution in [2.45, 2.75) is 20.0 Å². The first kappa shape index (κ1) is 11.8. The van der Waals surface area contributed by atoms with Crippen LogP contribution in [0.4, 0.5) is 5.82 Å². The molecule has 2 aromatic heterocycles. The van der Waals surface area contributed by atoms with Gasteiger partial charge in [-0.3, -0.25) is 0 Å². The molecule has 0 atom stereocenters. The van der Waals surface area contributed by atoms with Gasteiger partial charge < -0.3 is 10.5 Å². The van der Waals surface area contributed by atoms with E-state index in [0.717, 1.165) is 0 Å². The largest absolute Gasteiger partial charge is 0.475 e. The van der Waals surface area contributed by atoms with Gasteiger partial charge in [0.05, 0.1) is 16.8 Å². The molecular formula is C10H12BrN5O. The van der Waals surface area contributed by atoms with Crippen LogP contribution in [0.3, 0.4) is 0 Å². The van der Waals surface area contributed by atoms with Crippen molar-refractivity contribution in [1.82, 2.24) is 19.7 Å². The molecule has 0 radical (unpaired) electrons. The molecule has 0 saturated carbocycles. The molecule has 0 spiro atoms. The third kappa shape index (κ3) is 2.73. The third-order valence-electron chi connectivity index (χ3n) is 1.87. The van der Waals surface area contributed by atoms with Gasteiger partial charge >= 0.3 is 0 Å². The molecule has 0 aliphatic heterocycles. The zero-order chi connectivity index (χ0) is 12.4. The maximum Gasteiger partial charge on any atom is 0.253 e. The Labute approximate surface area is 107 Å². The highest BCUT2D eigenvalue weighted by Gasteiger charge is 2.08. The lowest BCUT2D eigenvalue weighted by Crippen LogP contribution is -2.09. The van der Waals surface area contributed by atoms with Crippen LogP contribution in [0.5, 0.6) is 5.88 Å². The molecule has 0 bridgehead atoms. The SMILES string of the molecule is CC(C)Oc1ccnc(-n2cc(Br)c(N)n2)n1. The van der Waals surface area contributed by atoms with Gasteiger partial charge in [-0.1, -0.05) is 0 Å². The van der Waals surface area contributed by atoms with Crippen molar-refractivity contribution in [2.24, 2.45) is 0 Å².